The molecule has 0 amide bonds. The average molecular weight is 438 g/mol. The first-order valence-corrected chi connectivity index (χ1v) is 10.6. The van der Waals surface area contributed by atoms with Crippen molar-refractivity contribution >= 4 is 54.6 Å². The van der Waals surface area contributed by atoms with Gasteiger partial charge in [0.25, 0.3) is 0 Å². The fraction of sp³-hybridized carbons (Fsp3) is 0.0741. The fourth-order valence-electron chi connectivity index (χ4n) is 4.17. The van der Waals surface area contributed by atoms with Gasteiger partial charge in [-0.3, -0.25) is 0 Å². The second-order valence-corrected chi connectivity index (χ2v) is 8.28. The predicted molar refractivity (Wildman–Crippen MR) is 129 cm³/mol. The van der Waals surface area contributed by atoms with Gasteiger partial charge in [-0.25, -0.2) is 4.98 Å². The summed E-state index contributed by atoms with van der Waals surface area (Å²) in [6.07, 6.45) is 4.27. The van der Waals surface area contributed by atoms with E-state index < -0.39 is 0 Å². The SMILES string of the molecule is C/C=C\c1c(C)ccc2c(-c3ccc(Br)cc3)c3ccc4ccccc4c3nc12. The lowest BCUT2D eigenvalue weighted by atomic mass is 9.92. The van der Waals surface area contributed by atoms with Gasteiger partial charge < -0.3 is 0 Å². The van der Waals surface area contributed by atoms with Crippen LogP contribution in [-0.2, 0) is 0 Å². The normalized spacial score (nSPS) is 11.8. The highest BCUT2D eigenvalue weighted by Gasteiger charge is 2.15. The van der Waals surface area contributed by atoms with Crippen molar-refractivity contribution in [1.82, 2.24) is 4.98 Å². The van der Waals surface area contributed by atoms with Crippen molar-refractivity contribution in [3.8, 4) is 11.1 Å². The van der Waals surface area contributed by atoms with Gasteiger partial charge in [-0.05, 0) is 42.5 Å². The van der Waals surface area contributed by atoms with E-state index >= 15 is 0 Å². The zero-order valence-electron chi connectivity index (χ0n) is 16.4. The Kier molecular flexibility index (Phi) is 4.44. The lowest BCUT2D eigenvalue weighted by molar-refractivity contribution is 1.42. The second kappa shape index (κ2) is 7.13. The van der Waals surface area contributed by atoms with Gasteiger partial charge in [0.1, 0.15) is 0 Å². The lowest BCUT2D eigenvalue weighted by Gasteiger charge is -2.15. The molecule has 1 aromatic heterocycles. The number of allylic oxidation sites excluding steroid dienone is 1. The van der Waals surface area contributed by atoms with Gasteiger partial charge in [-0.1, -0.05) is 88.7 Å². The Balaban J connectivity index is 2.04. The van der Waals surface area contributed by atoms with Crippen LogP contribution in [0.15, 0.2) is 83.3 Å². The van der Waals surface area contributed by atoms with Gasteiger partial charge >= 0.3 is 0 Å². The first kappa shape index (κ1) is 18.1. The van der Waals surface area contributed by atoms with Crippen LogP contribution in [-0.4, -0.2) is 4.98 Å². The molecule has 0 bridgehead atoms. The standard InChI is InChI=1S/C27H20BrN/c1-3-6-21-17(2)9-15-23-25(19-10-13-20(28)14-11-19)24-16-12-18-7-4-5-8-22(18)27(24)29-26(21)23/h3-16H,1-2H3/b6-3-. The van der Waals surface area contributed by atoms with Gasteiger partial charge in [0.05, 0.1) is 11.0 Å². The van der Waals surface area contributed by atoms with E-state index in [1.54, 1.807) is 0 Å². The van der Waals surface area contributed by atoms with Crippen molar-refractivity contribution in [2.45, 2.75) is 13.8 Å². The van der Waals surface area contributed by atoms with E-state index in [0.717, 1.165) is 15.5 Å². The van der Waals surface area contributed by atoms with Crippen LogP contribution < -0.4 is 0 Å². The van der Waals surface area contributed by atoms with E-state index in [4.69, 9.17) is 4.98 Å². The predicted octanol–water partition coefficient (Wildman–Crippen LogP) is 8.31. The Morgan fingerprint density at radius 3 is 2.28 bits per heavy atom. The first-order valence-electron chi connectivity index (χ1n) is 9.81. The quantitative estimate of drug-likeness (QED) is 0.199. The number of nitrogens with zero attached hydrogens (tertiary/aromatic N) is 1. The summed E-state index contributed by atoms with van der Waals surface area (Å²) in [5.41, 5.74) is 7.00. The third-order valence-corrected chi connectivity index (χ3v) is 6.09. The van der Waals surface area contributed by atoms with Crippen molar-refractivity contribution in [2.75, 3.05) is 0 Å². The number of hydrogen-bond acceptors (Lipinski definition) is 1. The molecule has 0 fully saturated rings. The van der Waals surface area contributed by atoms with Crippen LogP contribution in [0.3, 0.4) is 0 Å². The molecule has 5 aromatic rings. The van der Waals surface area contributed by atoms with Gasteiger partial charge in [0, 0.05) is 31.8 Å². The summed E-state index contributed by atoms with van der Waals surface area (Å²) in [4.78, 5) is 5.23. The fourth-order valence-corrected chi connectivity index (χ4v) is 4.43. The summed E-state index contributed by atoms with van der Waals surface area (Å²) >= 11 is 3.57. The first-order chi connectivity index (χ1) is 14.2. The molecule has 5 rings (SSSR count). The molecule has 0 aliphatic heterocycles. The summed E-state index contributed by atoms with van der Waals surface area (Å²) < 4.78 is 1.08. The third kappa shape index (κ3) is 2.95. The van der Waals surface area contributed by atoms with E-state index in [1.807, 2.05) is 0 Å². The molecule has 2 heteroatoms. The Morgan fingerprint density at radius 1 is 0.759 bits per heavy atom. The molecule has 0 saturated heterocycles. The van der Waals surface area contributed by atoms with Crippen molar-refractivity contribution < 1.29 is 0 Å². The average Bonchev–Trinajstić information content (AvgIpc) is 2.75. The highest BCUT2D eigenvalue weighted by Crippen LogP contribution is 2.39. The highest BCUT2D eigenvalue weighted by atomic mass is 79.9. The van der Waals surface area contributed by atoms with Gasteiger partial charge in [0.2, 0.25) is 0 Å². The lowest BCUT2D eigenvalue weighted by Crippen LogP contribution is -1.94. The van der Waals surface area contributed by atoms with Gasteiger partial charge in [-0.15, -0.1) is 0 Å². The summed E-state index contributed by atoms with van der Waals surface area (Å²) in [6, 6.07) is 25.9. The van der Waals surface area contributed by atoms with Crippen molar-refractivity contribution in [2.24, 2.45) is 0 Å². The molecule has 0 atom stereocenters. The van der Waals surface area contributed by atoms with Crippen LogP contribution in [0, 0.1) is 6.92 Å². The Labute approximate surface area is 178 Å². The maximum absolute atomic E-state index is 5.23. The van der Waals surface area contributed by atoms with Gasteiger partial charge in [0.15, 0.2) is 0 Å². The molecule has 0 aliphatic rings. The number of fused-ring (bicyclic) bond motifs is 4. The minimum absolute atomic E-state index is 1.06. The molecule has 0 unspecified atom stereocenters. The van der Waals surface area contributed by atoms with Crippen molar-refractivity contribution in [3.63, 3.8) is 0 Å². The molecule has 0 N–H and O–H groups in total. The van der Waals surface area contributed by atoms with E-state index in [9.17, 15) is 0 Å². The number of hydrogen-bond donors (Lipinski definition) is 0. The number of pyridine rings is 1. The highest BCUT2D eigenvalue weighted by molar-refractivity contribution is 9.10. The van der Waals surface area contributed by atoms with E-state index in [1.165, 1.54) is 43.8 Å². The Hall–Kier alpha value is -2.97. The molecule has 4 aromatic carbocycles. The van der Waals surface area contributed by atoms with Crippen LogP contribution >= 0.6 is 15.9 Å². The van der Waals surface area contributed by atoms with Crippen LogP contribution in [0.4, 0.5) is 0 Å². The van der Waals surface area contributed by atoms with Crippen molar-refractivity contribution in [3.05, 3.63) is 94.5 Å². The molecule has 1 heterocycles. The minimum Gasteiger partial charge on any atom is -0.246 e. The van der Waals surface area contributed by atoms with Crippen LogP contribution in [0.5, 0.6) is 0 Å². The molecule has 0 saturated carbocycles. The maximum atomic E-state index is 5.23. The summed E-state index contributed by atoms with van der Waals surface area (Å²) in [6.45, 7) is 4.22. The van der Waals surface area contributed by atoms with Crippen LogP contribution in [0.25, 0.3) is 49.8 Å². The monoisotopic (exact) mass is 437 g/mol. The largest absolute Gasteiger partial charge is 0.246 e. The molecular formula is C27H20BrN. The zero-order chi connectivity index (χ0) is 20.0. The number of rotatable bonds is 2. The van der Waals surface area contributed by atoms with Gasteiger partial charge in [-0.2, -0.15) is 0 Å². The molecule has 0 spiro atoms. The van der Waals surface area contributed by atoms with Crippen LogP contribution in [0.2, 0.25) is 0 Å². The summed E-state index contributed by atoms with van der Waals surface area (Å²) in [5, 5.41) is 4.79. The van der Waals surface area contributed by atoms with E-state index in [2.05, 4.69) is 115 Å². The second-order valence-electron chi connectivity index (χ2n) is 7.37. The molecular weight excluding hydrogens is 418 g/mol. The number of benzene rings is 4. The Bertz CT molecular complexity index is 1410. The third-order valence-electron chi connectivity index (χ3n) is 5.56. The smallest absolute Gasteiger partial charge is 0.0794 e. The van der Waals surface area contributed by atoms with E-state index in [-0.39, 0.29) is 0 Å². The molecule has 29 heavy (non-hydrogen) atoms. The topological polar surface area (TPSA) is 12.9 Å². The molecule has 140 valence electrons. The Morgan fingerprint density at radius 2 is 1.48 bits per heavy atom. The van der Waals surface area contributed by atoms with E-state index in [0.29, 0.717) is 0 Å². The maximum Gasteiger partial charge on any atom is 0.0794 e. The molecule has 0 radical (unpaired) electrons. The molecule has 0 aliphatic carbocycles. The summed E-state index contributed by atoms with van der Waals surface area (Å²) in [7, 11) is 0. The minimum atomic E-state index is 1.06. The van der Waals surface area contributed by atoms with Crippen LogP contribution in [0.1, 0.15) is 18.1 Å². The summed E-state index contributed by atoms with van der Waals surface area (Å²) in [5.74, 6) is 0. The zero-order valence-corrected chi connectivity index (χ0v) is 18.0. The number of halogens is 1. The van der Waals surface area contributed by atoms with Crippen molar-refractivity contribution in [1.29, 1.82) is 0 Å². The number of aryl methyl sites for hydroxylation is 1. The molecule has 1 nitrogen and oxygen atoms in total. The number of aromatic nitrogens is 1.